The van der Waals surface area contributed by atoms with Crippen LogP contribution < -0.4 is 10.2 Å². The second-order valence-electron chi connectivity index (χ2n) is 5.96. The number of hydrogen-bond donors (Lipinski definition) is 1. The van der Waals surface area contributed by atoms with Gasteiger partial charge in [-0.1, -0.05) is 6.92 Å². The van der Waals surface area contributed by atoms with E-state index in [1.165, 1.54) is 11.6 Å². The van der Waals surface area contributed by atoms with Crippen molar-refractivity contribution >= 4 is 16.5 Å². The van der Waals surface area contributed by atoms with Crippen LogP contribution in [-0.2, 0) is 4.74 Å². The average molecular weight is 310 g/mol. The van der Waals surface area contributed by atoms with E-state index in [-0.39, 0.29) is 0 Å². The van der Waals surface area contributed by atoms with Gasteiger partial charge in [-0.15, -0.1) is 11.3 Å². The van der Waals surface area contributed by atoms with Gasteiger partial charge in [-0.25, -0.2) is 4.98 Å². The molecule has 1 aromatic heterocycles. The van der Waals surface area contributed by atoms with Crippen molar-refractivity contribution in [3.63, 3.8) is 0 Å². The Morgan fingerprint density at radius 3 is 2.90 bits per heavy atom. The van der Waals surface area contributed by atoms with Gasteiger partial charge in [0.15, 0.2) is 5.13 Å². The molecule has 2 unspecified atom stereocenters. The van der Waals surface area contributed by atoms with Crippen molar-refractivity contribution in [2.45, 2.75) is 19.4 Å². The highest BCUT2D eigenvalue weighted by Crippen LogP contribution is 2.21. The van der Waals surface area contributed by atoms with Crippen LogP contribution in [0.15, 0.2) is 11.6 Å². The quantitative estimate of drug-likeness (QED) is 0.857. The number of ether oxygens (including phenoxy) is 1. The Morgan fingerprint density at radius 1 is 1.33 bits per heavy atom. The summed E-state index contributed by atoms with van der Waals surface area (Å²) in [5.74, 6) is 0.642. The summed E-state index contributed by atoms with van der Waals surface area (Å²) in [5.41, 5.74) is 0. The van der Waals surface area contributed by atoms with E-state index in [9.17, 15) is 0 Å². The molecule has 0 aromatic carbocycles. The van der Waals surface area contributed by atoms with E-state index < -0.39 is 0 Å². The van der Waals surface area contributed by atoms with Crippen molar-refractivity contribution < 1.29 is 4.74 Å². The molecule has 118 valence electrons. The lowest BCUT2D eigenvalue weighted by molar-refractivity contribution is 0.164. The fourth-order valence-electron chi connectivity index (χ4n) is 3.16. The van der Waals surface area contributed by atoms with Crippen molar-refractivity contribution in [1.29, 1.82) is 0 Å². The molecule has 0 spiro atoms. The molecule has 0 aliphatic carbocycles. The summed E-state index contributed by atoms with van der Waals surface area (Å²) in [6, 6.07) is 0.543. The molecule has 0 bridgehead atoms. The first-order chi connectivity index (χ1) is 10.4. The van der Waals surface area contributed by atoms with Gasteiger partial charge in [0.05, 0.1) is 13.2 Å². The summed E-state index contributed by atoms with van der Waals surface area (Å²) in [6.45, 7) is 10.7. The molecule has 21 heavy (non-hydrogen) atoms. The van der Waals surface area contributed by atoms with Crippen molar-refractivity contribution in [2.24, 2.45) is 5.92 Å². The number of anilines is 1. The molecule has 0 radical (unpaired) electrons. The third-order valence-electron chi connectivity index (χ3n) is 4.41. The summed E-state index contributed by atoms with van der Waals surface area (Å²) in [6.07, 6.45) is 3.09. The SMILES string of the molecule is CCCNC1COCC1CN1CCN(c2nccs2)CC1. The lowest BCUT2D eigenvalue weighted by atomic mass is 10.0. The second kappa shape index (κ2) is 7.54. The van der Waals surface area contributed by atoms with Gasteiger partial charge in [-0.3, -0.25) is 4.90 Å². The van der Waals surface area contributed by atoms with Crippen LogP contribution in [0.1, 0.15) is 13.3 Å². The van der Waals surface area contributed by atoms with E-state index in [0.717, 1.165) is 52.5 Å². The molecule has 5 nitrogen and oxygen atoms in total. The first kappa shape index (κ1) is 15.2. The van der Waals surface area contributed by atoms with Crippen LogP contribution in [0.5, 0.6) is 0 Å². The minimum absolute atomic E-state index is 0.543. The number of nitrogens with zero attached hydrogens (tertiary/aromatic N) is 3. The maximum atomic E-state index is 5.68. The van der Waals surface area contributed by atoms with E-state index in [0.29, 0.717) is 12.0 Å². The predicted molar refractivity (Wildman–Crippen MR) is 87.2 cm³/mol. The molecule has 0 amide bonds. The third kappa shape index (κ3) is 3.94. The summed E-state index contributed by atoms with van der Waals surface area (Å²) >= 11 is 1.74. The summed E-state index contributed by atoms with van der Waals surface area (Å²) in [5, 5.41) is 6.86. The van der Waals surface area contributed by atoms with Gasteiger partial charge in [0, 0.05) is 56.3 Å². The summed E-state index contributed by atoms with van der Waals surface area (Å²) in [7, 11) is 0. The molecule has 6 heteroatoms. The van der Waals surface area contributed by atoms with Crippen LogP contribution >= 0.6 is 11.3 Å². The molecule has 1 aromatic rings. The van der Waals surface area contributed by atoms with Gasteiger partial charge < -0.3 is 15.0 Å². The zero-order valence-electron chi connectivity index (χ0n) is 12.8. The maximum Gasteiger partial charge on any atom is 0.185 e. The van der Waals surface area contributed by atoms with Crippen molar-refractivity contribution in [1.82, 2.24) is 15.2 Å². The fraction of sp³-hybridized carbons (Fsp3) is 0.800. The number of rotatable bonds is 6. The topological polar surface area (TPSA) is 40.6 Å². The van der Waals surface area contributed by atoms with Crippen LogP contribution in [-0.4, -0.2) is 68.4 Å². The van der Waals surface area contributed by atoms with E-state index in [4.69, 9.17) is 4.74 Å². The molecule has 2 aliphatic rings. The standard InChI is InChI=1S/C15H26N4OS/c1-2-3-16-14-12-20-11-13(14)10-18-5-7-19(8-6-18)15-17-4-9-21-15/h4,9,13-14,16H,2-3,5-8,10-12H2,1H3. The molecule has 3 heterocycles. The number of aromatic nitrogens is 1. The Hall–Kier alpha value is -0.690. The Morgan fingerprint density at radius 2 is 2.19 bits per heavy atom. The molecule has 2 aliphatic heterocycles. The van der Waals surface area contributed by atoms with E-state index in [1.54, 1.807) is 11.3 Å². The van der Waals surface area contributed by atoms with Gasteiger partial charge in [-0.05, 0) is 13.0 Å². The molecular weight excluding hydrogens is 284 g/mol. The van der Waals surface area contributed by atoms with Gasteiger partial charge in [0.2, 0.25) is 0 Å². The Kier molecular flexibility index (Phi) is 5.46. The fourth-order valence-corrected chi connectivity index (χ4v) is 3.86. The lowest BCUT2D eigenvalue weighted by Crippen LogP contribution is -2.50. The van der Waals surface area contributed by atoms with Crippen LogP contribution in [0, 0.1) is 5.92 Å². The first-order valence-electron chi connectivity index (χ1n) is 8.04. The van der Waals surface area contributed by atoms with Gasteiger partial charge >= 0.3 is 0 Å². The van der Waals surface area contributed by atoms with E-state index in [2.05, 4.69) is 32.4 Å². The van der Waals surface area contributed by atoms with Crippen LogP contribution in [0.3, 0.4) is 0 Å². The Bertz CT molecular complexity index is 406. The summed E-state index contributed by atoms with van der Waals surface area (Å²) < 4.78 is 5.68. The van der Waals surface area contributed by atoms with Gasteiger partial charge in [0.1, 0.15) is 0 Å². The first-order valence-corrected chi connectivity index (χ1v) is 8.92. The minimum atomic E-state index is 0.543. The molecule has 2 atom stereocenters. The number of thiazole rings is 1. The van der Waals surface area contributed by atoms with E-state index in [1.807, 2.05) is 6.20 Å². The highest BCUT2D eigenvalue weighted by atomic mass is 32.1. The molecule has 2 fully saturated rings. The molecule has 2 saturated heterocycles. The molecule has 0 saturated carbocycles. The molecular formula is C15H26N4OS. The number of piperazine rings is 1. The lowest BCUT2D eigenvalue weighted by Gasteiger charge is -2.36. The van der Waals surface area contributed by atoms with Crippen LogP contribution in [0.25, 0.3) is 0 Å². The largest absolute Gasteiger partial charge is 0.379 e. The third-order valence-corrected chi connectivity index (χ3v) is 5.24. The van der Waals surface area contributed by atoms with Crippen LogP contribution in [0.2, 0.25) is 0 Å². The maximum absolute atomic E-state index is 5.68. The van der Waals surface area contributed by atoms with Crippen molar-refractivity contribution in [3.8, 4) is 0 Å². The monoisotopic (exact) mass is 310 g/mol. The molecule has 3 rings (SSSR count). The second-order valence-corrected chi connectivity index (χ2v) is 6.83. The Balaban J connectivity index is 1.44. The van der Waals surface area contributed by atoms with Crippen molar-refractivity contribution in [3.05, 3.63) is 11.6 Å². The predicted octanol–water partition coefficient (Wildman–Crippen LogP) is 1.28. The summed E-state index contributed by atoms with van der Waals surface area (Å²) in [4.78, 5) is 9.40. The van der Waals surface area contributed by atoms with Gasteiger partial charge in [-0.2, -0.15) is 0 Å². The highest BCUT2D eigenvalue weighted by molar-refractivity contribution is 7.13. The normalized spacial score (nSPS) is 27.4. The highest BCUT2D eigenvalue weighted by Gasteiger charge is 2.30. The number of hydrogen-bond acceptors (Lipinski definition) is 6. The Labute approximate surface area is 131 Å². The number of nitrogens with one attached hydrogen (secondary N) is 1. The van der Waals surface area contributed by atoms with Crippen LogP contribution in [0.4, 0.5) is 5.13 Å². The van der Waals surface area contributed by atoms with E-state index >= 15 is 0 Å². The average Bonchev–Trinajstić information content (AvgIpc) is 3.18. The zero-order chi connectivity index (χ0) is 14.5. The van der Waals surface area contributed by atoms with Gasteiger partial charge in [0.25, 0.3) is 0 Å². The minimum Gasteiger partial charge on any atom is -0.379 e. The molecule has 1 N–H and O–H groups in total. The zero-order valence-corrected chi connectivity index (χ0v) is 13.6. The van der Waals surface area contributed by atoms with Crippen molar-refractivity contribution in [2.75, 3.05) is 57.4 Å². The smallest absolute Gasteiger partial charge is 0.185 e.